The van der Waals surface area contributed by atoms with Crippen molar-refractivity contribution in [3.05, 3.63) is 72.3 Å². The largest absolute Gasteiger partial charge is 0.454 e. The second-order valence-electron chi connectivity index (χ2n) is 9.06. The van der Waals surface area contributed by atoms with Crippen molar-refractivity contribution in [1.82, 2.24) is 14.4 Å². The molecule has 1 fully saturated rings. The number of hydrogen-bond donors (Lipinski definition) is 1. The first kappa shape index (κ1) is 20.5. The van der Waals surface area contributed by atoms with Gasteiger partial charge in [-0.1, -0.05) is 42.5 Å². The van der Waals surface area contributed by atoms with Crippen molar-refractivity contribution < 1.29 is 14.6 Å². The summed E-state index contributed by atoms with van der Waals surface area (Å²) in [6.45, 7) is 6.45. The van der Waals surface area contributed by atoms with E-state index in [1.165, 1.54) is 27.4 Å². The number of piperazine rings is 1. The molecule has 1 aromatic heterocycles. The van der Waals surface area contributed by atoms with Gasteiger partial charge in [-0.15, -0.1) is 0 Å². The van der Waals surface area contributed by atoms with Crippen LogP contribution in [0.1, 0.15) is 5.56 Å². The molecule has 170 valence electrons. The Morgan fingerprint density at radius 1 is 0.727 bits per heavy atom. The average molecular weight is 444 g/mol. The minimum atomic E-state index is -0.412. The van der Waals surface area contributed by atoms with Crippen LogP contribution in [-0.2, 0) is 13.1 Å². The highest BCUT2D eigenvalue weighted by Gasteiger charge is 2.21. The summed E-state index contributed by atoms with van der Waals surface area (Å²) in [7, 11) is 0. The molecule has 0 spiro atoms. The minimum absolute atomic E-state index is 0.314. The Morgan fingerprint density at radius 3 is 2.09 bits per heavy atom. The zero-order valence-corrected chi connectivity index (χ0v) is 18.7. The molecule has 3 heterocycles. The fourth-order valence-corrected chi connectivity index (χ4v) is 5.19. The summed E-state index contributed by atoms with van der Waals surface area (Å²) < 4.78 is 13.2. The average Bonchev–Trinajstić information content (AvgIpc) is 3.43. The van der Waals surface area contributed by atoms with Gasteiger partial charge in [0.25, 0.3) is 0 Å². The van der Waals surface area contributed by atoms with Gasteiger partial charge in [-0.25, -0.2) is 0 Å². The number of benzene rings is 3. The molecular weight excluding hydrogens is 414 g/mol. The molecule has 1 atom stereocenters. The number of nitrogens with zero attached hydrogens (tertiary/aromatic N) is 3. The maximum atomic E-state index is 11.0. The quantitative estimate of drug-likeness (QED) is 0.493. The smallest absolute Gasteiger partial charge is 0.231 e. The molecule has 2 aliphatic heterocycles. The highest BCUT2D eigenvalue weighted by Crippen LogP contribution is 2.33. The SMILES string of the molecule is OC(CN1CCN(Cc2ccc3c(c2)OCO3)CC1)Cn1c2ccccc2c2ccccc21. The van der Waals surface area contributed by atoms with Crippen LogP contribution in [0.3, 0.4) is 0 Å². The molecule has 0 bridgehead atoms. The van der Waals surface area contributed by atoms with Crippen LogP contribution in [0.25, 0.3) is 21.8 Å². The monoisotopic (exact) mass is 443 g/mol. The number of fused-ring (bicyclic) bond motifs is 4. The van der Waals surface area contributed by atoms with Crippen LogP contribution in [0.15, 0.2) is 66.7 Å². The van der Waals surface area contributed by atoms with Crippen molar-refractivity contribution in [2.75, 3.05) is 39.5 Å². The molecule has 6 rings (SSSR count). The molecule has 0 radical (unpaired) electrons. The molecule has 6 heteroatoms. The van der Waals surface area contributed by atoms with Gasteiger partial charge in [0, 0.05) is 61.1 Å². The zero-order valence-electron chi connectivity index (χ0n) is 18.7. The Kier molecular flexibility index (Phi) is 5.42. The van der Waals surface area contributed by atoms with Gasteiger partial charge in [-0.05, 0) is 29.8 Å². The molecule has 0 saturated carbocycles. The molecular formula is C27H29N3O3. The number of para-hydroxylation sites is 2. The standard InChI is InChI=1S/C27H29N3O3/c31-21(18-30-24-7-3-1-5-22(24)23-6-2-4-8-25(23)30)17-29-13-11-28(12-14-29)16-20-9-10-26-27(15-20)33-19-32-26/h1-10,15,21,31H,11-14,16-19H2. The van der Waals surface area contributed by atoms with E-state index < -0.39 is 6.10 Å². The van der Waals surface area contributed by atoms with Crippen molar-refractivity contribution in [3.8, 4) is 11.5 Å². The van der Waals surface area contributed by atoms with Gasteiger partial charge < -0.3 is 19.1 Å². The Morgan fingerprint density at radius 2 is 1.36 bits per heavy atom. The lowest BCUT2D eigenvalue weighted by Gasteiger charge is -2.35. The lowest BCUT2D eigenvalue weighted by Crippen LogP contribution is -2.48. The van der Waals surface area contributed by atoms with Crippen LogP contribution in [0.5, 0.6) is 11.5 Å². The first-order chi connectivity index (χ1) is 16.2. The van der Waals surface area contributed by atoms with Crippen molar-refractivity contribution in [2.45, 2.75) is 19.2 Å². The number of aromatic nitrogens is 1. The zero-order chi connectivity index (χ0) is 22.2. The normalized spacial score (nSPS) is 17.7. The van der Waals surface area contributed by atoms with Gasteiger partial charge in [-0.2, -0.15) is 0 Å². The molecule has 2 aliphatic rings. The summed E-state index contributed by atoms with van der Waals surface area (Å²) in [4.78, 5) is 4.85. The first-order valence-corrected chi connectivity index (χ1v) is 11.7. The molecule has 33 heavy (non-hydrogen) atoms. The Hall–Kier alpha value is -3.06. The summed E-state index contributed by atoms with van der Waals surface area (Å²) in [5, 5.41) is 13.5. The predicted octanol–water partition coefficient (Wildman–Crippen LogP) is 3.70. The van der Waals surface area contributed by atoms with Crippen LogP contribution in [-0.4, -0.2) is 65.1 Å². The highest BCUT2D eigenvalue weighted by molar-refractivity contribution is 6.07. The van der Waals surface area contributed by atoms with E-state index in [2.05, 4.69) is 75.0 Å². The number of aliphatic hydroxyl groups is 1. The van der Waals surface area contributed by atoms with E-state index in [9.17, 15) is 5.11 Å². The van der Waals surface area contributed by atoms with E-state index in [0.29, 0.717) is 19.9 Å². The van der Waals surface area contributed by atoms with Gasteiger partial charge in [0.1, 0.15) is 0 Å². The Bertz CT molecular complexity index is 1220. The van der Waals surface area contributed by atoms with Gasteiger partial charge >= 0.3 is 0 Å². The third kappa shape index (κ3) is 4.06. The van der Waals surface area contributed by atoms with Crippen LogP contribution >= 0.6 is 0 Å². The number of aliphatic hydroxyl groups excluding tert-OH is 1. The predicted molar refractivity (Wildman–Crippen MR) is 130 cm³/mol. The molecule has 1 N–H and O–H groups in total. The maximum Gasteiger partial charge on any atom is 0.231 e. The molecule has 3 aromatic carbocycles. The Labute approximate surface area is 193 Å². The van der Waals surface area contributed by atoms with Gasteiger partial charge in [0.05, 0.1) is 12.6 Å². The van der Waals surface area contributed by atoms with Crippen molar-refractivity contribution in [3.63, 3.8) is 0 Å². The van der Waals surface area contributed by atoms with Gasteiger partial charge in [0.15, 0.2) is 11.5 Å². The summed E-state index contributed by atoms with van der Waals surface area (Å²) in [5.41, 5.74) is 3.62. The summed E-state index contributed by atoms with van der Waals surface area (Å²) in [6, 6.07) is 23.1. The van der Waals surface area contributed by atoms with E-state index in [-0.39, 0.29) is 0 Å². The number of hydrogen-bond acceptors (Lipinski definition) is 5. The van der Waals surface area contributed by atoms with E-state index >= 15 is 0 Å². The lowest BCUT2D eigenvalue weighted by molar-refractivity contribution is 0.0633. The fourth-order valence-electron chi connectivity index (χ4n) is 5.19. The van der Waals surface area contributed by atoms with Crippen molar-refractivity contribution in [2.24, 2.45) is 0 Å². The van der Waals surface area contributed by atoms with E-state index in [1.807, 2.05) is 6.07 Å². The summed E-state index contributed by atoms with van der Waals surface area (Å²) in [6.07, 6.45) is -0.412. The highest BCUT2D eigenvalue weighted by atomic mass is 16.7. The second-order valence-corrected chi connectivity index (χ2v) is 9.06. The Balaban J connectivity index is 1.07. The fraction of sp³-hybridized carbons (Fsp3) is 0.333. The molecule has 6 nitrogen and oxygen atoms in total. The van der Waals surface area contributed by atoms with E-state index in [4.69, 9.17) is 9.47 Å². The summed E-state index contributed by atoms with van der Waals surface area (Å²) in [5.74, 6) is 1.68. The van der Waals surface area contributed by atoms with Crippen LogP contribution < -0.4 is 9.47 Å². The maximum absolute atomic E-state index is 11.0. The lowest BCUT2D eigenvalue weighted by atomic mass is 10.1. The number of β-amino-alcohol motifs (C(OH)–C–C–N with tert-alkyl or cyclic N) is 1. The number of ether oxygens (including phenoxy) is 2. The van der Waals surface area contributed by atoms with Gasteiger partial charge in [-0.3, -0.25) is 9.80 Å². The third-order valence-corrected chi connectivity index (χ3v) is 6.85. The topological polar surface area (TPSA) is 50.1 Å². The van der Waals surface area contributed by atoms with Crippen LogP contribution in [0.2, 0.25) is 0 Å². The van der Waals surface area contributed by atoms with Crippen LogP contribution in [0, 0.1) is 0 Å². The van der Waals surface area contributed by atoms with E-state index in [0.717, 1.165) is 44.2 Å². The first-order valence-electron chi connectivity index (χ1n) is 11.7. The van der Waals surface area contributed by atoms with Gasteiger partial charge in [0.2, 0.25) is 6.79 Å². The molecule has 1 saturated heterocycles. The molecule has 0 amide bonds. The van der Waals surface area contributed by atoms with E-state index in [1.54, 1.807) is 0 Å². The molecule has 0 aliphatic carbocycles. The minimum Gasteiger partial charge on any atom is -0.454 e. The molecule has 4 aromatic rings. The second kappa shape index (κ2) is 8.71. The molecule has 1 unspecified atom stereocenters. The number of rotatable bonds is 6. The third-order valence-electron chi connectivity index (χ3n) is 6.85. The van der Waals surface area contributed by atoms with Crippen molar-refractivity contribution in [1.29, 1.82) is 0 Å². The summed E-state index contributed by atoms with van der Waals surface area (Å²) >= 11 is 0. The van der Waals surface area contributed by atoms with Crippen LogP contribution in [0.4, 0.5) is 0 Å². The van der Waals surface area contributed by atoms with Crippen molar-refractivity contribution >= 4 is 21.8 Å².